The van der Waals surface area contributed by atoms with E-state index < -0.39 is 0 Å². The summed E-state index contributed by atoms with van der Waals surface area (Å²) in [5.41, 5.74) is 2.52. The van der Waals surface area contributed by atoms with Gasteiger partial charge in [0.15, 0.2) is 11.5 Å². The van der Waals surface area contributed by atoms with Crippen molar-refractivity contribution in [2.75, 3.05) is 18.7 Å². The van der Waals surface area contributed by atoms with Crippen LogP contribution in [-0.2, 0) is 6.42 Å². The van der Waals surface area contributed by atoms with Gasteiger partial charge in [0.25, 0.3) is 5.91 Å². The van der Waals surface area contributed by atoms with E-state index in [2.05, 4.69) is 17.1 Å². The Kier molecular flexibility index (Phi) is 4.35. The highest BCUT2D eigenvalue weighted by Gasteiger charge is 2.22. The number of nitrogens with one attached hydrogen (secondary N) is 1. The molecule has 0 radical (unpaired) electrons. The summed E-state index contributed by atoms with van der Waals surface area (Å²) >= 11 is 0. The zero-order chi connectivity index (χ0) is 19.0. The molecule has 0 fully saturated rings. The smallest absolute Gasteiger partial charge is 0.261 e. The number of amides is 1. The van der Waals surface area contributed by atoms with Gasteiger partial charge < -0.3 is 19.5 Å². The molecule has 0 spiro atoms. The highest BCUT2D eigenvalue weighted by Crippen LogP contribution is 2.36. The third kappa shape index (κ3) is 3.05. The molecule has 7 heteroatoms. The van der Waals surface area contributed by atoms with Crippen LogP contribution in [0, 0.1) is 0 Å². The molecule has 0 saturated heterocycles. The molecule has 3 aromatic rings. The minimum absolute atomic E-state index is 0.0892. The summed E-state index contributed by atoms with van der Waals surface area (Å²) in [5, 5.41) is 18.5. The molecule has 1 aliphatic rings. The number of aromatic amines is 1. The van der Waals surface area contributed by atoms with Crippen molar-refractivity contribution >= 4 is 22.5 Å². The first-order valence-corrected chi connectivity index (χ1v) is 8.96. The van der Waals surface area contributed by atoms with Crippen molar-refractivity contribution in [1.29, 1.82) is 0 Å². The maximum atomic E-state index is 13.0. The van der Waals surface area contributed by atoms with Crippen molar-refractivity contribution in [3.8, 4) is 17.2 Å². The molecule has 4 rings (SSSR count). The van der Waals surface area contributed by atoms with Gasteiger partial charge in [0.1, 0.15) is 5.75 Å². The second-order valence-corrected chi connectivity index (χ2v) is 6.59. The number of aromatic hydroxyl groups is 1. The number of phenols is 1. The molecule has 2 N–H and O–H groups in total. The highest BCUT2D eigenvalue weighted by molar-refractivity contribution is 6.09. The van der Waals surface area contributed by atoms with Gasteiger partial charge in [0.05, 0.1) is 11.1 Å². The van der Waals surface area contributed by atoms with Crippen LogP contribution in [0.25, 0.3) is 10.9 Å². The monoisotopic (exact) mass is 367 g/mol. The number of benzene rings is 2. The summed E-state index contributed by atoms with van der Waals surface area (Å²) in [7, 11) is 1.66. The maximum Gasteiger partial charge on any atom is 0.261 e. The molecule has 140 valence electrons. The van der Waals surface area contributed by atoms with E-state index in [9.17, 15) is 9.90 Å². The lowest BCUT2D eigenvalue weighted by molar-refractivity contribution is 0.0990. The number of ether oxygens (including phenoxy) is 2. The molecule has 1 amide bonds. The fraction of sp³-hybridized carbons (Fsp3) is 0.300. The number of aromatic nitrogens is 2. The number of rotatable bonds is 5. The van der Waals surface area contributed by atoms with Crippen LogP contribution in [-0.4, -0.2) is 35.1 Å². The summed E-state index contributed by atoms with van der Waals surface area (Å²) in [5.74, 6) is 0.857. The third-order valence-corrected chi connectivity index (χ3v) is 4.81. The number of nitrogens with zero attached hydrogens (tertiary/aromatic N) is 2. The van der Waals surface area contributed by atoms with Gasteiger partial charge in [0, 0.05) is 35.9 Å². The Bertz CT molecular complexity index is 1010. The Hall–Kier alpha value is -3.22. The summed E-state index contributed by atoms with van der Waals surface area (Å²) in [4.78, 5) is 14.5. The van der Waals surface area contributed by atoms with Crippen molar-refractivity contribution in [3.05, 3.63) is 41.6 Å². The highest BCUT2D eigenvalue weighted by atomic mass is 16.7. The predicted octanol–water partition coefficient (Wildman–Crippen LogP) is 3.62. The fourth-order valence-electron chi connectivity index (χ4n) is 3.21. The van der Waals surface area contributed by atoms with E-state index in [1.807, 2.05) is 0 Å². The van der Waals surface area contributed by atoms with E-state index in [-0.39, 0.29) is 24.0 Å². The maximum absolute atomic E-state index is 13.0. The zero-order valence-electron chi connectivity index (χ0n) is 15.3. The Balaban J connectivity index is 1.67. The number of fused-ring (bicyclic) bond motifs is 2. The topological polar surface area (TPSA) is 87.7 Å². The molecule has 1 aromatic heterocycles. The van der Waals surface area contributed by atoms with Crippen molar-refractivity contribution < 1.29 is 19.4 Å². The molecule has 2 aromatic carbocycles. The number of carbonyl (C=O) groups is 1. The summed E-state index contributed by atoms with van der Waals surface area (Å²) in [6.45, 7) is 2.30. The molecule has 0 bridgehead atoms. The normalized spacial score (nSPS) is 12.5. The number of aryl methyl sites for hydroxylation is 1. The molecule has 7 nitrogen and oxygen atoms in total. The SMILES string of the molecule is CCCCc1[nH]nc2cc(O)c(C(=O)N(C)c3ccc4c(c3)OCO4)cc12. The van der Waals surface area contributed by atoms with E-state index in [0.717, 1.165) is 30.3 Å². The molecular formula is C20H21N3O4. The quantitative estimate of drug-likeness (QED) is 0.719. The number of unbranched alkanes of at least 4 members (excludes halogenated alkanes) is 1. The predicted molar refractivity (Wildman–Crippen MR) is 102 cm³/mol. The largest absolute Gasteiger partial charge is 0.507 e. The fourth-order valence-corrected chi connectivity index (χ4v) is 3.21. The van der Waals surface area contributed by atoms with Gasteiger partial charge in [-0.05, 0) is 31.0 Å². The van der Waals surface area contributed by atoms with Gasteiger partial charge >= 0.3 is 0 Å². The zero-order valence-corrected chi connectivity index (χ0v) is 15.3. The lowest BCUT2D eigenvalue weighted by atomic mass is 10.1. The van der Waals surface area contributed by atoms with Crippen molar-refractivity contribution in [1.82, 2.24) is 10.2 Å². The van der Waals surface area contributed by atoms with Crippen LogP contribution in [0.1, 0.15) is 35.8 Å². The van der Waals surface area contributed by atoms with Crippen LogP contribution in [0.5, 0.6) is 17.2 Å². The first kappa shape index (κ1) is 17.2. The second-order valence-electron chi connectivity index (χ2n) is 6.59. The van der Waals surface area contributed by atoms with E-state index in [1.54, 1.807) is 31.3 Å². The van der Waals surface area contributed by atoms with Gasteiger partial charge in [-0.3, -0.25) is 9.89 Å². The second kappa shape index (κ2) is 6.83. The van der Waals surface area contributed by atoms with E-state index in [4.69, 9.17) is 9.47 Å². The lowest BCUT2D eigenvalue weighted by Crippen LogP contribution is -2.26. The van der Waals surface area contributed by atoms with Gasteiger partial charge in [0.2, 0.25) is 6.79 Å². The molecule has 1 aliphatic heterocycles. The first-order chi connectivity index (χ1) is 13.1. The standard InChI is InChI=1S/C20H21N3O4/c1-3-4-5-15-13-9-14(17(24)10-16(13)22-21-15)20(25)23(2)12-6-7-18-19(8-12)27-11-26-18/h6-10,24H,3-5,11H2,1-2H3,(H,21,22). The Morgan fingerprint density at radius 3 is 2.89 bits per heavy atom. The Morgan fingerprint density at radius 2 is 2.07 bits per heavy atom. The van der Waals surface area contributed by atoms with Crippen LogP contribution in [0.15, 0.2) is 30.3 Å². The molecule has 0 unspecified atom stereocenters. The summed E-state index contributed by atoms with van der Waals surface area (Å²) < 4.78 is 10.7. The lowest BCUT2D eigenvalue weighted by Gasteiger charge is -2.18. The van der Waals surface area contributed by atoms with Gasteiger partial charge in [-0.2, -0.15) is 5.10 Å². The molecular weight excluding hydrogens is 346 g/mol. The Labute approximate surface area is 156 Å². The van der Waals surface area contributed by atoms with Crippen molar-refractivity contribution in [3.63, 3.8) is 0 Å². The van der Waals surface area contributed by atoms with E-state index >= 15 is 0 Å². The number of carbonyl (C=O) groups excluding carboxylic acids is 1. The van der Waals surface area contributed by atoms with E-state index in [1.165, 1.54) is 11.0 Å². The number of phenolic OH excluding ortho intramolecular Hbond substituents is 1. The molecule has 2 heterocycles. The van der Waals surface area contributed by atoms with Crippen LogP contribution in [0.3, 0.4) is 0 Å². The van der Waals surface area contributed by atoms with Gasteiger partial charge in [-0.25, -0.2) is 0 Å². The van der Waals surface area contributed by atoms with Gasteiger partial charge in [-0.1, -0.05) is 13.3 Å². The van der Waals surface area contributed by atoms with Crippen molar-refractivity contribution in [2.45, 2.75) is 26.2 Å². The molecule has 0 saturated carbocycles. The van der Waals surface area contributed by atoms with Crippen LogP contribution in [0.4, 0.5) is 5.69 Å². The number of anilines is 1. The Morgan fingerprint density at radius 1 is 1.26 bits per heavy atom. The van der Waals surface area contributed by atoms with Crippen LogP contribution in [0.2, 0.25) is 0 Å². The number of hydrogen-bond acceptors (Lipinski definition) is 5. The minimum atomic E-state index is -0.309. The van der Waals surface area contributed by atoms with Crippen molar-refractivity contribution in [2.24, 2.45) is 0 Å². The first-order valence-electron chi connectivity index (χ1n) is 8.96. The minimum Gasteiger partial charge on any atom is -0.507 e. The van der Waals surface area contributed by atoms with Crippen LogP contribution < -0.4 is 14.4 Å². The molecule has 0 atom stereocenters. The number of hydrogen-bond donors (Lipinski definition) is 2. The average molecular weight is 367 g/mol. The van der Waals surface area contributed by atoms with E-state index in [0.29, 0.717) is 22.7 Å². The average Bonchev–Trinajstić information content (AvgIpc) is 3.30. The molecule has 0 aliphatic carbocycles. The third-order valence-electron chi connectivity index (χ3n) is 4.81. The van der Waals surface area contributed by atoms with Gasteiger partial charge in [-0.15, -0.1) is 0 Å². The molecule has 27 heavy (non-hydrogen) atoms. The summed E-state index contributed by atoms with van der Waals surface area (Å²) in [6.07, 6.45) is 2.94. The summed E-state index contributed by atoms with van der Waals surface area (Å²) in [6, 6.07) is 8.54. The van der Waals surface area contributed by atoms with Crippen LogP contribution >= 0.6 is 0 Å². The number of H-pyrrole nitrogens is 1.